The molecule has 4 heterocycles. The highest BCUT2D eigenvalue weighted by molar-refractivity contribution is 6.29. The minimum atomic E-state index is 0.527. The standard InChI is InChI=1S/C20H17ClN4/c21-19-8-5-14(11-24-19)3-6-17-7-4-15(12-23-17)10-16-13-25-20-18(16)2-1-9-22-20/h1-2,4-5,7-9,11-13H,3,6,10H2,(H,22,25). The number of pyridine rings is 3. The van der Waals surface area contributed by atoms with Gasteiger partial charge in [-0.15, -0.1) is 0 Å². The van der Waals surface area contributed by atoms with Crippen LogP contribution >= 0.6 is 11.6 Å². The van der Waals surface area contributed by atoms with Gasteiger partial charge in [-0.1, -0.05) is 23.7 Å². The Hall–Kier alpha value is -2.72. The molecule has 0 bridgehead atoms. The fraction of sp³-hybridized carbons (Fsp3) is 0.150. The van der Waals surface area contributed by atoms with E-state index in [2.05, 4.69) is 38.1 Å². The molecule has 4 rings (SSSR count). The molecule has 1 N–H and O–H groups in total. The van der Waals surface area contributed by atoms with Crippen molar-refractivity contribution in [3.63, 3.8) is 0 Å². The predicted octanol–water partition coefficient (Wildman–Crippen LogP) is 4.38. The van der Waals surface area contributed by atoms with E-state index in [4.69, 9.17) is 11.6 Å². The molecule has 0 aliphatic heterocycles. The van der Waals surface area contributed by atoms with Gasteiger partial charge >= 0.3 is 0 Å². The molecule has 25 heavy (non-hydrogen) atoms. The summed E-state index contributed by atoms with van der Waals surface area (Å²) in [7, 11) is 0. The molecule has 4 aromatic heterocycles. The van der Waals surface area contributed by atoms with E-state index < -0.39 is 0 Å². The lowest BCUT2D eigenvalue weighted by atomic mass is 10.1. The Morgan fingerprint density at radius 2 is 1.76 bits per heavy atom. The van der Waals surface area contributed by atoms with Crippen molar-refractivity contribution >= 4 is 22.6 Å². The van der Waals surface area contributed by atoms with E-state index in [-0.39, 0.29) is 0 Å². The third-order valence-electron chi connectivity index (χ3n) is 4.28. The summed E-state index contributed by atoms with van der Waals surface area (Å²) < 4.78 is 0. The Labute approximate surface area is 150 Å². The smallest absolute Gasteiger partial charge is 0.137 e. The Morgan fingerprint density at radius 1 is 0.880 bits per heavy atom. The molecule has 0 saturated carbocycles. The summed E-state index contributed by atoms with van der Waals surface area (Å²) in [6.45, 7) is 0. The summed E-state index contributed by atoms with van der Waals surface area (Å²) in [6.07, 6.45) is 10.3. The SMILES string of the molecule is Clc1ccc(CCc2ccc(Cc3c[nH]c4ncccc34)cn2)cn1. The van der Waals surface area contributed by atoms with Crippen LogP contribution in [0, 0.1) is 0 Å². The Morgan fingerprint density at radius 3 is 2.56 bits per heavy atom. The van der Waals surface area contributed by atoms with Crippen LogP contribution in [-0.4, -0.2) is 19.9 Å². The van der Waals surface area contributed by atoms with E-state index in [1.165, 1.54) is 22.1 Å². The molecule has 4 nitrogen and oxygen atoms in total. The van der Waals surface area contributed by atoms with Gasteiger partial charge in [-0.2, -0.15) is 0 Å². The Kier molecular flexibility index (Phi) is 4.44. The largest absolute Gasteiger partial charge is 0.346 e. The van der Waals surface area contributed by atoms with Crippen molar-refractivity contribution in [2.45, 2.75) is 19.3 Å². The maximum absolute atomic E-state index is 5.81. The summed E-state index contributed by atoms with van der Waals surface area (Å²) >= 11 is 5.81. The number of nitrogens with zero attached hydrogens (tertiary/aromatic N) is 3. The molecule has 0 aliphatic rings. The monoisotopic (exact) mass is 348 g/mol. The van der Waals surface area contributed by atoms with Crippen LogP contribution in [0.15, 0.2) is 61.2 Å². The number of H-pyrrole nitrogens is 1. The van der Waals surface area contributed by atoms with Gasteiger partial charge in [0.1, 0.15) is 10.8 Å². The number of aromatic nitrogens is 4. The number of rotatable bonds is 5. The summed E-state index contributed by atoms with van der Waals surface area (Å²) in [6, 6.07) is 12.1. The second-order valence-corrected chi connectivity index (χ2v) is 6.42. The zero-order valence-electron chi connectivity index (χ0n) is 13.6. The predicted molar refractivity (Wildman–Crippen MR) is 99.8 cm³/mol. The van der Waals surface area contributed by atoms with Crippen LogP contribution in [0.5, 0.6) is 0 Å². The van der Waals surface area contributed by atoms with Gasteiger partial charge in [0.15, 0.2) is 0 Å². The van der Waals surface area contributed by atoms with Gasteiger partial charge in [-0.3, -0.25) is 4.98 Å². The van der Waals surface area contributed by atoms with Crippen molar-refractivity contribution in [3.8, 4) is 0 Å². The summed E-state index contributed by atoms with van der Waals surface area (Å²) in [5.41, 5.74) is 5.62. The minimum absolute atomic E-state index is 0.527. The second-order valence-electron chi connectivity index (χ2n) is 6.04. The molecule has 0 atom stereocenters. The van der Waals surface area contributed by atoms with E-state index in [9.17, 15) is 0 Å². The van der Waals surface area contributed by atoms with Gasteiger partial charge in [0.2, 0.25) is 0 Å². The van der Waals surface area contributed by atoms with Gasteiger partial charge in [0.25, 0.3) is 0 Å². The van der Waals surface area contributed by atoms with Crippen molar-refractivity contribution in [3.05, 3.63) is 88.7 Å². The fourth-order valence-corrected chi connectivity index (χ4v) is 3.02. The highest BCUT2D eigenvalue weighted by Crippen LogP contribution is 2.19. The summed E-state index contributed by atoms with van der Waals surface area (Å²) in [5, 5.41) is 1.69. The molecule has 0 aromatic carbocycles. The zero-order chi connectivity index (χ0) is 17.1. The first-order valence-electron chi connectivity index (χ1n) is 8.23. The summed E-state index contributed by atoms with van der Waals surface area (Å²) in [4.78, 5) is 16.3. The number of nitrogens with one attached hydrogen (secondary N) is 1. The molecular formula is C20H17ClN4. The molecular weight excluding hydrogens is 332 g/mol. The van der Waals surface area contributed by atoms with Crippen LogP contribution in [0.25, 0.3) is 11.0 Å². The molecule has 5 heteroatoms. The van der Waals surface area contributed by atoms with Crippen LogP contribution in [0.2, 0.25) is 5.15 Å². The molecule has 0 aliphatic carbocycles. The van der Waals surface area contributed by atoms with E-state index in [1.54, 1.807) is 6.20 Å². The van der Waals surface area contributed by atoms with E-state index in [1.807, 2.05) is 36.8 Å². The lowest BCUT2D eigenvalue weighted by Crippen LogP contribution is -1.96. The Bertz CT molecular complexity index is 975. The van der Waals surface area contributed by atoms with Crippen molar-refractivity contribution < 1.29 is 0 Å². The van der Waals surface area contributed by atoms with Crippen molar-refractivity contribution in [2.75, 3.05) is 0 Å². The number of aromatic amines is 1. The maximum Gasteiger partial charge on any atom is 0.137 e. The number of halogens is 1. The van der Waals surface area contributed by atoms with E-state index in [0.717, 1.165) is 30.6 Å². The minimum Gasteiger partial charge on any atom is -0.346 e. The first kappa shape index (κ1) is 15.8. The van der Waals surface area contributed by atoms with E-state index >= 15 is 0 Å². The maximum atomic E-state index is 5.81. The molecule has 0 saturated heterocycles. The van der Waals surface area contributed by atoms with Crippen molar-refractivity contribution in [1.29, 1.82) is 0 Å². The lowest BCUT2D eigenvalue weighted by Gasteiger charge is -2.04. The van der Waals surface area contributed by atoms with Gasteiger partial charge in [-0.25, -0.2) is 9.97 Å². The molecule has 4 aromatic rings. The van der Waals surface area contributed by atoms with Crippen molar-refractivity contribution in [1.82, 2.24) is 19.9 Å². The zero-order valence-corrected chi connectivity index (χ0v) is 14.4. The highest BCUT2D eigenvalue weighted by Gasteiger charge is 2.06. The average Bonchev–Trinajstić information content (AvgIpc) is 3.06. The van der Waals surface area contributed by atoms with Gasteiger partial charge in [0.05, 0.1) is 0 Å². The van der Waals surface area contributed by atoms with Crippen LogP contribution in [0.4, 0.5) is 0 Å². The fourth-order valence-electron chi connectivity index (χ4n) is 2.91. The molecule has 0 unspecified atom stereocenters. The Balaban J connectivity index is 1.42. The van der Waals surface area contributed by atoms with Crippen molar-refractivity contribution in [2.24, 2.45) is 0 Å². The number of hydrogen-bond acceptors (Lipinski definition) is 3. The molecule has 0 spiro atoms. The quantitative estimate of drug-likeness (QED) is 0.544. The van der Waals surface area contributed by atoms with Gasteiger partial charge in [-0.05, 0) is 53.8 Å². The number of aryl methyl sites for hydroxylation is 2. The summed E-state index contributed by atoms with van der Waals surface area (Å²) in [5.74, 6) is 0. The lowest BCUT2D eigenvalue weighted by molar-refractivity contribution is 0.902. The molecule has 0 amide bonds. The topological polar surface area (TPSA) is 54.5 Å². The molecule has 124 valence electrons. The van der Waals surface area contributed by atoms with Crippen LogP contribution in [0.1, 0.15) is 22.4 Å². The highest BCUT2D eigenvalue weighted by atomic mass is 35.5. The van der Waals surface area contributed by atoms with E-state index in [0.29, 0.717) is 5.15 Å². The molecule has 0 fully saturated rings. The normalized spacial score (nSPS) is 11.1. The third-order valence-corrected chi connectivity index (χ3v) is 4.50. The number of fused-ring (bicyclic) bond motifs is 1. The third kappa shape index (κ3) is 3.69. The first-order valence-corrected chi connectivity index (χ1v) is 8.61. The van der Waals surface area contributed by atoms with Gasteiger partial charge < -0.3 is 4.98 Å². The second kappa shape index (κ2) is 7.03. The average molecular weight is 349 g/mol. The first-order chi connectivity index (χ1) is 12.3. The van der Waals surface area contributed by atoms with Crippen LogP contribution in [-0.2, 0) is 19.3 Å². The van der Waals surface area contributed by atoms with Gasteiger partial charge in [0, 0.05) is 42.3 Å². The number of hydrogen-bond donors (Lipinski definition) is 1. The van der Waals surface area contributed by atoms with Crippen LogP contribution < -0.4 is 0 Å². The molecule has 0 radical (unpaired) electrons. The van der Waals surface area contributed by atoms with Crippen LogP contribution in [0.3, 0.4) is 0 Å².